The summed E-state index contributed by atoms with van der Waals surface area (Å²) in [6.45, 7) is 5.18. The van der Waals surface area contributed by atoms with Crippen LogP contribution in [0.5, 0.6) is 0 Å². The number of rotatable bonds is 6. The number of amides is 1. The van der Waals surface area contributed by atoms with E-state index in [1.807, 2.05) is 19.1 Å². The minimum absolute atomic E-state index is 0.0674. The van der Waals surface area contributed by atoms with E-state index in [-0.39, 0.29) is 5.91 Å². The normalized spacial score (nSPS) is 11.3. The molecule has 0 aliphatic heterocycles. The lowest BCUT2D eigenvalue weighted by molar-refractivity contribution is -0.116. The number of nitrogens with one attached hydrogen (secondary N) is 3. The summed E-state index contributed by atoms with van der Waals surface area (Å²) in [4.78, 5) is 18.8. The molecule has 25 heavy (non-hydrogen) atoms. The lowest BCUT2D eigenvalue weighted by atomic mass is 10.2. The van der Waals surface area contributed by atoms with E-state index in [0.29, 0.717) is 30.5 Å². The van der Waals surface area contributed by atoms with Crippen LogP contribution < -0.4 is 16.0 Å². The molecule has 0 aliphatic rings. The van der Waals surface area contributed by atoms with Crippen LogP contribution in [0.15, 0.2) is 35.3 Å². The number of guanidine groups is 1. The van der Waals surface area contributed by atoms with E-state index < -0.39 is 0 Å². The summed E-state index contributed by atoms with van der Waals surface area (Å²) >= 11 is 7.81. The van der Waals surface area contributed by atoms with Crippen LogP contribution >= 0.6 is 22.9 Å². The van der Waals surface area contributed by atoms with Gasteiger partial charge in [0.2, 0.25) is 5.91 Å². The maximum absolute atomic E-state index is 12.1. The van der Waals surface area contributed by atoms with Gasteiger partial charge in [0.25, 0.3) is 0 Å². The Hall–Kier alpha value is -2.05. The van der Waals surface area contributed by atoms with E-state index in [1.165, 1.54) is 9.75 Å². The highest BCUT2D eigenvalue weighted by Gasteiger charge is 2.07. The monoisotopic (exact) mass is 378 g/mol. The Labute approximate surface area is 157 Å². The number of hydrogen-bond acceptors (Lipinski definition) is 3. The SMILES string of the molecule is CN=C(NCCC(=O)Nc1cccc(Cl)c1C)NCc1ccc(C)s1. The number of aryl methyl sites for hydroxylation is 1. The summed E-state index contributed by atoms with van der Waals surface area (Å²) in [6.07, 6.45) is 0.338. The van der Waals surface area contributed by atoms with Crippen molar-refractivity contribution < 1.29 is 4.79 Å². The molecule has 0 atom stereocenters. The van der Waals surface area contributed by atoms with E-state index in [2.05, 4.69) is 40.0 Å². The van der Waals surface area contributed by atoms with Gasteiger partial charge in [-0.3, -0.25) is 9.79 Å². The number of carbonyl (C=O) groups is 1. The number of nitrogens with zero attached hydrogens (tertiary/aromatic N) is 1. The molecule has 134 valence electrons. The van der Waals surface area contributed by atoms with Gasteiger partial charge in [-0.05, 0) is 43.7 Å². The molecule has 1 heterocycles. The third-order valence-electron chi connectivity index (χ3n) is 3.64. The molecule has 2 aromatic rings. The molecule has 0 fully saturated rings. The van der Waals surface area contributed by atoms with Gasteiger partial charge in [0.1, 0.15) is 0 Å². The van der Waals surface area contributed by atoms with Gasteiger partial charge < -0.3 is 16.0 Å². The number of hydrogen-bond donors (Lipinski definition) is 3. The van der Waals surface area contributed by atoms with E-state index in [1.54, 1.807) is 24.5 Å². The maximum atomic E-state index is 12.1. The van der Waals surface area contributed by atoms with Gasteiger partial charge in [-0.25, -0.2) is 0 Å². The van der Waals surface area contributed by atoms with Gasteiger partial charge in [0, 0.05) is 40.5 Å². The molecule has 5 nitrogen and oxygen atoms in total. The van der Waals surface area contributed by atoms with Gasteiger partial charge in [-0.2, -0.15) is 0 Å². The summed E-state index contributed by atoms with van der Waals surface area (Å²) in [5, 5.41) is 9.91. The van der Waals surface area contributed by atoms with Crippen molar-refractivity contribution >= 4 is 40.5 Å². The lowest BCUT2D eigenvalue weighted by Crippen LogP contribution is -2.38. The van der Waals surface area contributed by atoms with Crippen LogP contribution in [0.2, 0.25) is 5.02 Å². The van der Waals surface area contributed by atoms with Crippen molar-refractivity contribution in [1.29, 1.82) is 0 Å². The second kappa shape index (κ2) is 9.44. The molecule has 1 aromatic carbocycles. The van der Waals surface area contributed by atoms with Crippen LogP contribution in [0.1, 0.15) is 21.7 Å². The smallest absolute Gasteiger partial charge is 0.226 e. The largest absolute Gasteiger partial charge is 0.356 e. The molecule has 1 aromatic heterocycles. The van der Waals surface area contributed by atoms with Crippen molar-refractivity contribution in [2.45, 2.75) is 26.8 Å². The van der Waals surface area contributed by atoms with E-state index in [0.717, 1.165) is 11.3 Å². The fourth-order valence-corrected chi connectivity index (χ4v) is 3.23. The summed E-state index contributed by atoms with van der Waals surface area (Å²) < 4.78 is 0. The zero-order chi connectivity index (χ0) is 18.2. The minimum atomic E-state index is -0.0674. The molecule has 0 unspecified atom stereocenters. The molecule has 0 bridgehead atoms. The highest BCUT2D eigenvalue weighted by Crippen LogP contribution is 2.22. The van der Waals surface area contributed by atoms with E-state index >= 15 is 0 Å². The molecule has 0 radical (unpaired) electrons. The van der Waals surface area contributed by atoms with Crippen LogP contribution in [-0.2, 0) is 11.3 Å². The highest BCUT2D eigenvalue weighted by atomic mass is 35.5. The molecule has 0 aliphatic carbocycles. The Morgan fingerprint density at radius 3 is 2.68 bits per heavy atom. The summed E-state index contributed by atoms with van der Waals surface area (Å²) in [5.41, 5.74) is 1.61. The highest BCUT2D eigenvalue weighted by molar-refractivity contribution is 7.11. The Morgan fingerprint density at radius 2 is 2.00 bits per heavy atom. The van der Waals surface area contributed by atoms with Gasteiger partial charge >= 0.3 is 0 Å². The second-order valence-corrected chi connectivity index (χ2v) is 7.36. The number of aliphatic imine (C=N–C) groups is 1. The van der Waals surface area contributed by atoms with Crippen LogP contribution in [0.3, 0.4) is 0 Å². The fourth-order valence-electron chi connectivity index (χ4n) is 2.22. The first-order valence-electron chi connectivity index (χ1n) is 8.04. The first-order valence-corrected chi connectivity index (χ1v) is 9.24. The van der Waals surface area contributed by atoms with Crippen molar-refractivity contribution in [3.8, 4) is 0 Å². The summed E-state index contributed by atoms with van der Waals surface area (Å²) in [6, 6.07) is 9.66. The van der Waals surface area contributed by atoms with E-state index in [9.17, 15) is 4.79 Å². The van der Waals surface area contributed by atoms with Crippen molar-refractivity contribution in [2.75, 3.05) is 18.9 Å². The zero-order valence-electron chi connectivity index (χ0n) is 14.6. The maximum Gasteiger partial charge on any atom is 0.226 e. The zero-order valence-corrected chi connectivity index (χ0v) is 16.2. The van der Waals surface area contributed by atoms with Crippen molar-refractivity contribution in [3.63, 3.8) is 0 Å². The molecule has 3 N–H and O–H groups in total. The molecule has 0 saturated carbocycles. The lowest BCUT2D eigenvalue weighted by Gasteiger charge is -2.12. The fraction of sp³-hybridized carbons (Fsp3) is 0.333. The van der Waals surface area contributed by atoms with E-state index in [4.69, 9.17) is 11.6 Å². The summed E-state index contributed by atoms with van der Waals surface area (Å²) in [7, 11) is 1.71. The number of anilines is 1. The Kier molecular flexibility index (Phi) is 7.28. The van der Waals surface area contributed by atoms with Gasteiger partial charge in [-0.1, -0.05) is 17.7 Å². The van der Waals surface area contributed by atoms with Gasteiger partial charge in [0.15, 0.2) is 5.96 Å². The molecular formula is C18H23ClN4OS. The van der Waals surface area contributed by atoms with Crippen LogP contribution in [-0.4, -0.2) is 25.5 Å². The van der Waals surface area contributed by atoms with Crippen molar-refractivity contribution in [3.05, 3.63) is 50.7 Å². The second-order valence-electron chi connectivity index (χ2n) is 5.58. The summed E-state index contributed by atoms with van der Waals surface area (Å²) in [5.74, 6) is 0.611. The predicted molar refractivity (Wildman–Crippen MR) is 107 cm³/mol. The van der Waals surface area contributed by atoms with Crippen molar-refractivity contribution in [2.24, 2.45) is 4.99 Å². The average molecular weight is 379 g/mol. The van der Waals surface area contributed by atoms with Crippen molar-refractivity contribution in [1.82, 2.24) is 10.6 Å². The first kappa shape index (κ1) is 19.3. The minimum Gasteiger partial charge on any atom is -0.356 e. The standard InChI is InChI=1S/C18H23ClN4OS/c1-12-7-8-14(25-12)11-22-18(20-3)21-10-9-17(24)23-16-6-4-5-15(19)13(16)2/h4-8H,9-11H2,1-3H3,(H,23,24)(H2,20,21,22). The molecular weight excluding hydrogens is 356 g/mol. The third kappa shape index (κ3) is 6.07. The topological polar surface area (TPSA) is 65.5 Å². The Morgan fingerprint density at radius 1 is 1.20 bits per heavy atom. The number of carbonyl (C=O) groups excluding carboxylic acids is 1. The molecule has 0 saturated heterocycles. The molecule has 1 amide bonds. The Balaban J connectivity index is 1.74. The number of thiophene rings is 1. The van der Waals surface area contributed by atoms with Gasteiger partial charge in [-0.15, -0.1) is 11.3 Å². The van der Waals surface area contributed by atoms with Crippen LogP contribution in [0, 0.1) is 13.8 Å². The third-order valence-corrected chi connectivity index (χ3v) is 5.05. The number of halogens is 1. The Bertz CT molecular complexity index is 757. The van der Waals surface area contributed by atoms with Crippen LogP contribution in [0.4, 0.5) is 5.69 Å². The molecule has 2 rings (SSSR count). The molecule has 0 spiro atoms. The predicted octanol–water partition coefficient (Wildman–Crippen LogP) is 3.71. The average Bonchev–Trinajstić information content (AvgIpc) is 3.00. The van der Waals surface area contributed by atoms with Gasteiger partial charge in [0.05, 0.1) is 6.54 Å². The first-order chi connectivity index (χ1) is 12.0. The number of benzene rings is 1. The van der Waals surface area contributed by atoms with Crippen LogP contribution in [0.25, 0.3) is 0 Å². The molecule has 7 heteroatoms. The quantitative estimate of drug-likeness (QED) is 0.530.